The van der Waals surface area contributed by atoms with Crippen molar-refractivity contribution in [3.8, 4) is 5.75 Å². The summed E-state index contributed by atoms with van der Waals surface area (Å²) in [5.74, 6) is -0.0708. The van der Waals surface area contributed by atoms with Gasteiger partial charge in [0.05, 0.1) is 23.7 Å². The summed E-state index contributed by atoms with van der Waals surface area (Å²) in [6.07, 6.45) is 2.91. The van der Waals surface area contributed by atoms with Crippen molar-refractivity contribution in [2.24, 2.45) is 0 Å². The molecule has 2 unspecified atom stereocenters. The van der Waals surface area contributed by atoms with Gasteiger partial charge < -0.3 is 14.2 Å². The molecule has 0 aromatic heterocycles. The average molecular weight is 432 g/mol. The van der Waals surface area contributed by atoms with E-state index in [0.717, 1.165) is 32.4 Å². The number of benzene rings is 1. The van der Waals surface area contributed by atoms with Crippen LogP contribution in [0.3, 0.4) is 0 Å². The first kappa shape index (κ1) is 20.9. The number of rotatable bonds is 5. The number of nitrogens with zero attached hydrogens (tertiary/aromatic N) is 2. The normalized spacial score (nSPS) is 29.6. The summed E-state index contributed by atoms with van der Waals surface area (Å²) in [5.41, 5.74) is -0.512. The molecular weight excluding hydrogens is 406 g/mol. The van der Waals surface area contributed by atoms with Crippen LogP contribution in [0.25, 0.3) is 0 Å². The van der Waals surface area contributed by atoms with Crippen molar-refractivity contribution < 1.29 is 31.4 Å². The number of sulfonamides is 1. The van der Waals surface area contributed by atoms with Gasteiger partial charge in [0.2, 0.25) is 10.0 Å². The Hall–Kier alpha value is -1.33. The van der Waals surface area contributed by atoms with Gasteiger partial charge in [0.25, 0.3) is 0 Å². The minimum absolute atomic E-state index is 0.0618. The van der Waals surface area contributed by atoms with Crippen molar-refractivity contribution >= 4 is 10.0 Å². The van der Waals surface area contributed by atoms with Gasteiger partial charge in [-0.1, -0.05) is 0 Å². The van der Waals surface area contributed by atoms with Crippen molar-refractivity contribution in [2.45, 2.75) is 42.4 Å². The molecule has 1 spiro atoms. The highest BCUT2D eigenvalue weighted by atomic mass is 32.2. The molecule has 3 aliphatic heterocycles. The van der Waals surface area contributed by atoms with Crippen LogP contribution in [-0.2, 0) is 19.5 Å². The molecule has 1 aromatic rings. The molecule has 0 aliphatic carbocycles. The third-order valence-electron chi connectivity index (χ3n) is 5.90. The lowest BCUT2D eigenvalue weighted by atomic mass is 10.0. The van der Waals surface area contributed by atoms with Gasteiger partial charge in [0.15, 0.2) is 0 Å². The van der Waals surface area contributed by atoms with E-state index in [4.69, 9.17) is 9.47 Å². The van der Waals surface area contributed by atoms with Crippen LogP contribution in [0, 0.1) is 0 Å². The number of ether oxygens (including phenoxy) is 3. The van der Waals surface area contributed by atoms with Crippen molar-refractivity contribution in [1.29, 1.82) is 0 Å². The van der Waals surface area contributed by atoms with Crippen molar-refractivity contribution in [3.63, 3.8) is 0 Å². The molecule has 4 rings (SSSR count). The summed E-state index contributed by atoms with van der Waals surface area (Å²) in [7, 11) is -3.75. The standard InChI is InChI=1S/C19H26F2N2O5S/c20-18(21)28-16-3-5-17(6-4-16)29(24,25)23-9-11-27-19(14-23)7-8-22(13-19)15-2-1-10-26-12-15/h3-6,15,18H,1-2,7-14H2. The van der Waals surface area contributed by atoms with Gasteiger partial charge in [0.1, 0.15) is 5.75 Å². The summed E-state index contributed by atoms with van der Waals surface area (Å²) in [5, 5.41) is 0. The van der Waals surface area contributed by atoms with Gasteiger partial charge in [-0.3, -0.25) is 4.90 Å². The molecule has 29 heavy (non-hydrogen) atoms. The van der Waals surface area contributed by atoms with Crippen LogP contribution in [0.5, 0.6) is 5.75 Å². The van der Waals surface area contributed by atoms with Crippen LogP contribution in [0.4, 0.5) is 8.78 Å². The highest BCUT2D eigenvalue weighted by Crippen LogP contribution is 2.34. The number of hydrogen-bond donors (Lipinski definition) is 0. The zero-order valence-corrected chi connectivity index (χ0v) is 17.0. The van der Waals surface area contributed by atoms with E-state index in [9.17, 15) is 17.2 Å². The number of hydrogen-bond acceptors (Lipinski definition) is 6. The molecule has 3 heterocycles. The largest absolute Gasteiger partial charge is 0.435 e. The van der Waals surface area contributed by atoms with Gasteiger partial charge in [0, 0.05) is 38.8 Å². The van der Waals surface area contributed by atoms with E-state index in [2.05, 4.69) is 9.64 Å². The van der Waals surface area contributed by atoms with Gasteiger partial charge in [-0.05, 0) is 43.5 Å². The van der Waals surface area contributed by atoms with Crippen LogP contribution >= 0.6 is 0 Å². The Morgan fingerprint density at radius 2 is 1.93 bits per heavy atom. The molecule has 0 N–H and O–H groups in total. The zero-order valence-electron chi connectivity index (χ0n) is 16.1. The first-order valence-electron chi connectivity index (χ1n) is 9.89. The second-order valence-corrected chi connectivity index (χ2v) is 9.75. The monoisotopic (exact) mass is 432 g/mol. The van der Waals surface area contributed by atoms with Crippen molar-refractivity contribution in [3.05, 3.63) is 24.3 Å². The molecule has 2 atom stereocenters. The molecule has 0 radical (unpaired) electrons. The van der Waals surface area contributed by atoms with Gasteiger partial charge >= 0.3 is 6.61 Å². The van der Waals surface area contributed by atoms with Gasteiger partial charge in [-0.2, -0.15) is 13.1 Å². The Morgan fingerprint density at radius 1 is 1.14 bits per heavy atom. The molecule has 0 bridgehead atoms. The average Bonchev–Trinajstić information content (AvgIpc) is 3.12. The van der Waals surface area contributed by atoms with E-state index in [1.165, 1.54) is 28.6 Å². The Labute approximate surface area is 169 Å². The predicted octanol–water partition coefficient (Wildman–Crippen LogP) is 1.93. The highest BCUT2D eigenvalue weighted by molar-refractivity contribution is 7.89. The van der Waals surface area contributed by atoms with Gasteiger partial charge in [-0.15, -0.1) is 0 Å². The van der Waals surface area contributed by atoms with Gasteiger partial charge in [-0.25, -0.2) is 8.42 Å². The topological polar surface area (TPSA) is 68.3 Å². The Bertz CT molecular complexity index is 801. The van der Waals surface area contributed by atoms with Crippen LogP contribution in [0.15, 0.2) is 29.2 Å². The molecule has 3 fully saturated rings. The third kappa shape index (κ3) is 4.56. The second kappa shape index (κ2) is 8.43. The van der Waals surface area contributed by atoms with Crippen LogP contribution < -0.4 is 4.74 Å². The minimum atomic E-state index is -3.75. The fourth-order valence-corrected chi connectivity index (χ4v) is 5.90. The summed E-state index contributed by atoms with van der Waals surface area (Å²) in [4.78, 5) is 2.41. The summed E-state index contributed by atoms with van der Waals surface area (Å²) < 4.78 is 68.2. The quantitative estimate of drug-likeness (QED) is 0.708. The first-order valence-corrected chi connectivity index (χ1v) is 11.3. The highest BCUT2D eigenvalue weighted by Gasteiger charge is 2.47. The fraction of sp³-hybridized carbons (Fsp3) is 0.684. The Kier molecular flexibility index (Phi) is 6.08. The molecular formula is C19H26F2N2O5S. The van der Waals surface area contributed by atoms with E-state index < -0.39 is 22.2 Å². The molecule has 7 nitrogen and oxygen atoms in total. The van der Waals surface area contributed by atoms with Crippen molar-refractivity contribution in [2.75, 3.05) is 46.0 Å². The summed E-state index contributed by atoms with van der Waals surface area (Å²) in [6.45, 7) is 1.01. The molecule has 1 aromatic carbocycles. The minimum Gasteiger partial charge on any atom is -0.435 e. The van der Waals surface area contributed by atoms with E-state index in [1.54, 1.807) is 0 Å². The maximum absolute atomic E-state index is 13.1. The second-order valence-electron chi connectivity index (χ2n) is 7.81. The van der Waals surface area contributed by atoms with E-state index in [1.807, 2.05) is 0 Å². The van der Waals surface area contributed by atoms with Crippen LogP contribution in [0.1, 0.15) is 19.3 Å². The SMILES string of the molecule is O=S(=O)(c1ccc(OC(F)F)cc1)N1CCOC2(CCN(C3CCCOC3)C2)C1. The van der Waals surface area contributed by atoms with E-state index in [-0.39, 0.29) is 23.7 Å². The molecule has 3 aliphatic rings. The molecule has 0 saturated carbocycles. The van der Waals surface area contributed by atoms with Crippen LogP contribution in [0.2, 0.25) is 0 Å². The van der Waals surface area contributed by atoms with E-state index in [0.29, 0.717) is 25.8 Å². The number of halogens is 2. The fourth-order valence-electron chi connectivity index (χ4n) is 4.40. The molecule has 162 valence electrons. The lowest BCUT2D eigenvalue weighted by Gasteiger charge is -2.40. The molecule has 0 amide bonds. The predicted molar refractivity (Wildman–Crippen MR) is 101 cm³/mol. The number of morpholine rings is 1. The Balaban J connectivity index is 1.45. The lowest BCUT2D eigenvalue weighted by Crippen LogP contribution is -2.55. The third-order valence-corrected chi connectivity index (χ3v) is 7.76. The molecule has 10 heteroatoms. The maximum Gasteiger partial charge on any atom is 0.387 e. The van der Waals surface area contributed by atoms with Crippen LogP contribution in [-0.4, -0.2) is 81.9 Å². The smallest absolute Gasteiger partial charge is 0.387 e. The lowest BCUT2D eigenvalue weighted by molar-refractivity contribution is -0.0856. The van der Waals surface area contributed by atoms with E-state index >= 15 is 0 Å². The Morgan fingerprint density at radius 3 is 2.62 bits per heavy atom. The van der Waals surface area contributed by atoms with Crippen molar-refractivity contribution in [1.82, 2.24) is 9.21 Å². The zero-order chi connectivity index (χ0) is 20.5. The maximum atomic E-state index is 13.1. The number of likely N-dealkylation sites (tertiary alicyclic amines) is 1. The number of alkyl halides is 2. The summed E-state index contributed by atoms with van der Waals surface area (Å²) >= 11 is 0. The molecule has 3 saturated heterocycles. The summed E-state index contributed by atoms with van der Waals surface area (Å²) in [6, 6.07) is 5.46. The first-order chi connectivity index (χ1) is 13.9.